The van der Waals surface area contributed by atoms with Crippen molar-refractivity contribution in [2.45, 2.75) is 38.1 Å². The molecule has 132 valence electrons. The molecule has 0 bridgehead atoms. The molecule has 1 aromatic carbocycles. The number of carbonyl (C=O) groups excluding carboxylic acids is 1. The number of pyridine rings is 1. The van der Waals surface area contributed by atoms with Gasteiger partial charge in [-0.1, -0.05) is 23.7 Å². The van der Waals surface area contributed by atoms with Gasteiger partial charge in [0, 0.05) is 23.9 Å². The fourth-order valence-corrected chi connectivity index (χ4v) is 3.27. The van der Waals surface area contributed by atoms with Gasteiger partial charge in [-0.3, -0.25) is 9.78 Å². The monoisotopic (exact) mass is 366 g/mol. The highest BCUT2D eigenvalue weighted by Crippen LogP contribution is 2.42. The molecule has 4 nitrogen and oxygen atoms in total. The Morgan fingerprint density at radius 2 is 2.24 bits per heavy atom. The van der Waals surface area contributed by atoms with Crippen LogP contribution in [0.2, 0.25) is 5.02 Å². The van der Waals surface area contributed by atoms with E-state index in [4.69, 9.17) is 11.6 Å². The van der Waals surface area contributed by atoms with E-state index in [1.165, 1.54) is 30.5 Å². The summed E-state index contributed by atoms with van der Waals surface area (Å²) in [6.07, 6.45) is 0.431. The summed E-state index contributed by atoms with van der Waals surface area (Å²) in [5, 5.41) is 12.6. The van der Waals surface area contributed by atoms with E-state index >= 15 is 4.39 Å². The van der Waals surface area contributed by atoms with Crippen LogP contribution in [0.5, 0.6) is 0 Å². The first-order chi connectivity index (χ1) is 11.8. The summed E-state index contributed by atoms with van der Waals surface area (Å²) in [5.74, 6) is -1.46. The number of benzene rings is 1. The summed E-state index contributed by atoms with van der Waals surface area (Å²) in [4.78, 5) is 16.5. The van der Waals surface area contributed by atoms with Crippen molar-refractivity contribution in [2.24, 2.45) is 0 Å². The number of halogens is 3. The van der Waals surface area contributed by atoms with Gasteiger partial charge >= 0.3 is 0 Å². The average Bonchev–Trinajstić information content (AvgIpc) is 2.61. The average molecular weight is 367 g/mol. The number of nitrogens with zero attached hydrogens (tertiary/aromatic N) is 1. The van der Waals surface area contributed by atoms with Crippen LogP contribution in [0, 0.1) is 12.7 Å². The van der Waals surface area contributed by atoms with Crippen LogP contribution in [0.1, 0.15) is 41.3 Å². The number of amides is 1. The van der Waals surface area contributed by atoms with Crippen molar-refractivity contribution in [1.82, 2.24) is 10.3 Å². The molecular formula is C18H17ClF2N2O2. The zero-order chi connectivity index (χ0) is 18.2. The highest BCUT2D eigenvalue weighted by molar-refractivity contribution is 6.32. The number of aliphatic hydroxyl groups excluding tert-OH is 1. The zero-order valence-electron chi connectivity index (χ0n) is 13.5. The molecule has 1 aliphatic rings. The summed E-state index contributed by atoms with van der Waals surface area (Å²) in [6.45, 7) is 1.49. The SMILES string of the molecule is Cc1ccc(F)c(CNC(=O)C2(F)CCC(O)c3ncccc32)c1Cl. The maximum atomic E-state index is 15.4. The maximum Gasteiger partial charge on any atom is 0.262 e. The first-order valence-corrected chi connectivity index (χ1v) is 8.26. The second kappa shape index (κ2) is 6.69. The Kier molecular flexibility index (Phi) is 4.75. The fraction of sp³-hybridized carbons (Fsp3) is 0.333. The molecule has 2 atom stereocenters. The Bertz CT molecular complexity index is 831. The number of aliphatic hydroxyl groups is 1. The lowest BCUT2D eigenvalue weighted by Crippen LogP contribution is -2.44. The van der Waals surface area contributed by atoms with Gasteiger partial charge in [-0.25, -0.2) is 8.78 Å². The fourth-order valence-electron chi connectivity index (χ4n) is 3.05. The Hall–Kier alpha value is -2.05. The number of carbonyl (C=O) groups is 1. The van der Waals surface area contributed by atoms with Gasteiger partial charge < -0.3 is 10.4 Å². The number of aromatic nitrogens is 1. The lowest BCUT2D eigenvalue weighted by atomic mass is 9.81. The molecule has 1 aromatic heterocycles. The van der Waals surface area contributed by atoms with Crippen LogP contribution in [-0.2, 0) is 17.0 Å². The predicted molar refractivity (Wildman–Crippen MR) is 89.2 cm³/mol. The van der Waals surface area contributed by atoms with Crippen LogP contribution in [0.25, 0.3) is 0 Å². The minimum absolute atomic E-state index is 0.0436. The smallest absolute Gasteiger partial charge is 0.262 e. The van der Waals surface area contributed by atoms with E-state index in [1.807, 2.05) is 0 Å². The first-order valence-electron chi connectivity index (χ1n) is 7.88. The molecule has 25 heavy (non-hydrogen) atoms. The highest BCUT2D eigenvalue weighted by Gasteiger charge is 2.46. The van der Waals surface area contributed by atoms with Gasteiger partial charge in [-0.2, -0.15) is 0 Å². The largest absolute Gasteiger partial charge is 0.387 e. The van der Waals surface area contributed by atoms with Crippen molar-refractivity contribution in [1.29, 1.82) is 0 Å². The quantitative estimate of drug-likeness (QED) is 0.874. The highest BCUT2D eigenvalue weighted by atomic mass is 35.5. The normalized spacial score (nSPS) is 22.4. The van der Waals surface area contributed by atoms with Crippen molar-refractivity contribution in [3.05, 3.63) is 63.7 Å². The summed E-state index contributed by atoms with van der Waals surface area (Å²) in [5.41, 5.74) is -1.35. The summed E-state index contributed by atoms with van der Waals surface area (Å²) < 4.78 is 29.4. The number of aryl methyl sites for hydroxylation is 1. The molecule has 2 N–H and O–H groups in total. The van der Waals surface area contributed by atoms with Gasteiger partial charge in [-0.05, 0) is 37.5 Å². The van der Waals surface area contributed by atoms with Crippen molar-refractivity contribution in [3.63, 3.8) is 0 Å². The van der Waals surface area contributed by atoms with Gasteiger partial charge in [0.25, 0.3) is 5.91 Å². The third kappa shape index (κ3) is 3.12. The Morgan fingerprint density at radius 1 is 1.48 bits per heavy atom. The molecule has 0 aliphatic heterocycles. The Labute approximate surface area is 148 Å². The number of rotatable bonds is 3. The summed E-state index contributed by atoms with van der Waals surface area (Å²) in [6, 6.07) is 5.73. The third-order valence-corrected chi connectivity index (χ3v) is 5.03. The van der Waals surface area contributed by atoms with Crippen LogP contribution in [-0.4, -0.2) is 16.0 Å². The number of hydrogen-bond donors (Lipinski definition) is 2. The molecule has 3 rings (SSSR count). The number of nitrogens with one attached hydrogen (secondary N) is 1. The van der Waals surface area contributed by atoms with Gasteiger partial charge in [0.1, 0.15) is 5.82 Å². The van der Waals surface area contributed by atoms with E-state index in [-0.39, 0.29) is 41.2 Å². The molecule has 0 radical (unpaired) electrons. The third-order valence-electron chi connectivity index (χ3n) is 4.51. The topological polar surface area (TPSA) is 62.2 Å². The molecule has 1 aliphatic carbocycles. The first kappa shape index (κ1) is 17.8. The van der Waals surface area contributed by atoms with E-state index in [0.717, 1.165) is 0 Å². The van der Waals surface area contributed by atoms with Gasteiger partial charge in [0.05, 0.1) is 16.8 Å². The summed E-state index contributed by atoms with van der Waals surface area (Å²) >= 11 is 6.07. The molecule has 1 amide bonds. The molecule has 0 spiro atoms. The Balaban J connectivity index is 1.85. The molecule has 7 heteroatoms. The van der Waals surface area contributed by atoms with Crippen LogP contribution >= 0.6 is 11.6 Å². The number of hydrogen-bond acceptors (Lipinski definition) is 3. The second-order valence-corrected chi connectivity index (χ2v) is 6.51. The van der Waals surface area contributed by atoms with E-state index in [2.05, 4.69) is 10.3 Å². The van der Waals surface area contributed by atoms with Crippen molar-refractivity contribution in [3.8, 4) is 0 Å². The number of alkyl halides is 1. The molecule has 2 aromatic rings. The van der Waals surface area contributed by atoms with Gasteiger partial charge in [0.2, 0.25) is 5.67 Å². The van der Waals surface area contributed by atoms with Crippen LogP contribution in [0.4, 0.5) is 8.78 Å². The summed E-state index contributed by atoms with van der Waals surface area (Å²) in [7, 11) is 0. The molecule has 2 unspecified atom stereocenters. The van der Waals surface area contributed by atoms with E-state index < -0.39 is 23.5 Å². The van der Waals surface area contributed by atoms with E-state index in [1.54, 1.807) is 6.92 Å². The molecule has 0 saturated carbocycles. The predicted octanol–water partition coefficient (Wildman–Crippen LogP) is 3.49. The van der Waals surface area contributed by atoms with Crippen molar-refractivity contribution >= 4 is 17.5 Å². The van der Waals surface area contributed by atoms with Crippen LogP contribution in [0.3, 0.4) is 0 Å². The van der Waals surface area contributed by atoms with E-state index in [0.29, 0.717) is 5.56 Å². The standard InChI is InChI=1S/C18H17ClF2N2O2/c1-10-4-5-13(20)11(15(10)19)9-23-17(25)18(21)7-6-14(24)16-12(18)3-2-8-22-16/h2-5,8,14,24H,6-7,9H2,1H3,(H,23,25). The van der Waals surface area contributed by atoms with Gasteiger partial charge in [-0.15, -0.1) is 0 Å². The van der Waals surface area contributed by atoms with Crippen molar-refractivity contribution < 1.29 is 18.7 Å². The lowest BCUT2D eigenvalue weighted by Gasteiger charge is -2.32. The van der Waals surface area contributed by atoms with E-state index in [9.17, 15) is 14.3 Å². The Morgan fingerprint density at radius 3 is 3.00 bits per heavy atom. The second-order valence-electron chi connectivity index (χ2n) is 6.13. The molecule has 1 heterocycles. The number of fused-ring (bicyclic) bond motifs is 1. The maximum absolute atomic E-state index is 15.4. The zero-order valence-corrected chi connectivity index (χ0v) is 14.3. The van der Waals surface area contributed by atoms with Crippen LogP contribution in [0.15, 0.2) is 30.5 Å². The molecule has 0 saturated heterocycles. The minimum atomic E-state index is -2.32. The lowest BCUT2D eigenvalue weighted by molar-refractivity contribution is -0.135. The molecule has 0 fully saturated rings. The minimum Gasteiger partial charge on any atom is -0.387 e. The molecular weight excluding hydrogens is 350 g/mol. The van der Waals surface area contributed by atoms with Gasteiger partial charge in [0.15, 0.2) is 0 Å². The van der Waals surface area contributed by atoms with Crippen LogP contribution < -0.4 is 5.32 Å². The van der Waals surface area contributed by atoms with Crippen molar-refractivity contribution in [2.75, 3.05) is 0 Å².